The maximum Gasteiger partial charge on any atom is 0.241 e. The molecule has 1 amide bonds. The molecule has 1 aliphatic carbocycles. The lowest BCUT2D eigenvalue weighted by Gasteiger charge is -2.38. The number of ether oxygens (including phenoxy) is 1. The van der Waals surface area contributed by atoms with Crippen molar-refractivity contribution in [3.8, 4) is 0 Å². The Hall–Kier alpha value is -0.520. The van der Waals surface area contributed by atoms with Crippen LogP contribution in [0.5, 0.6) is 0 Å². The van der Waals surface area contributed by atoms with Gasteiger partial charge in [-0.05, 0) is 37.5 Å². The van der Waals surface area contributed by atoms with Gasteiger partial charge < -0.3 is 4.74 Å². The number of hydrazine groups is 2. The molecule has 0 spiro atoms. The van der Waals surface area contributed by atoms with Gasteiger partial charge in [-0.25, -0.2) is 17.8 Å². The first-order valence-corrected chi connectivity index (χ1v) is 12.0. The van der Waals surface area contributed by atoms with Crippen LogP contribution < -0.4 is 15.7 Å². The molecule has 3 fully saturated rings. The number of hydrogen-bond donors (Lipinski definition) is 3. The summed E-state index contributed by atoms with van der Waals surface area (Å²) in [6.45, 7) is 4.85. The second kappa shape index (κ2) is 9.53. The van der Waals surface area contributed by atoms with E-state index < -0.39 is 33.4 Å². The fourth-order valence-electron chi connectivity index (χ4n) is 4.17. The number of rotatable bonds is 6. The predicted molar refractivity (Wildman–Crippen MR) is 104 cm³/mol. The van der Waals surface area contributed by atoms with E-state index in [-0.39, 0.29) is 24.1 Å². The van der Waals surface area contributed by atoms with E-state index in [9.17, 15) is 17.6 Å². The van der Waals surface area contributed by atoms with Crippen LogP contribution in [0.1, 0.15) is 32.6 Å². The number of halogens is 2. The summed E-state index contributed by atoms with van der Waals surface area (Å²) in [5.41, 5.74) is 5.48. The van der Waals surface area contributed by atoms with Gasteiger partial charge in [0.15, 0.2) is 0 Å². The smallest absolute Gasteiger partial charge is 0.241 e. The molecule has 28 heavy (non-hydrogen) atoms. The standard InChI is InChI=1S/C17H30ClFN4O4S/c1-11-8-20-23(9-11)13-6-14(16(19)15(18)7-13)17(24)21-22-28(25,26)10-12-2-4-27-5-3-12/h11-16,20,22H,2-10H2,1H3,(H,21,24). The van der Waals surface area contributed by atoms with Crippen LogP contribution in [0.3, 0.4) is 0 Å². The van der Waals surface area contributed by atoms with E-state index in [1.807, 2.05) is 5.01 Å². The van der Waals surface area contributed by atoms with Crippen LogP contribution >= 0.6 is 11.6 Å². The molecule has 5 unspecified atom stereocenters. The van der Waals surface area contributed by atoms with E-state index in [4.69, 9.17) is 16.3 Å². The van der Waals surface area contributed by atoms with Gasteiger partial charge in [0.1, 0.15) is 6.17 Å². The SMILES string of the molecule is CC1CNN(C2CC(Cl)C(F)C(C(=O)NNS(=O)(=O)CC3CCOCC3)C2)C1. The average Bonchev–Trinajstić information content (AvgIpc) is 3.09. The number of hydrogen-bond acceptors (Lipinski definition) is 6. The topological polar surface area (TPSA) is 99.8 Å². The summed E-state index contributed by atoms with van der Waals surface area (Å²) in [5, 5.41) is 1.24. The number of sulfonamides is 1. The van der Waals surface area contributed by atoms with Crippen molar-refractivity contribution in [1.82, 2.24) is 20.7 Å². The second-order valence-electron chi connectivity index (χ2n) is 8.24. The maximum atomic E-state index is 14.6. The summed E-state index contributed by atoms with van der Waals surface area (Å²) in [7, 11) is -3.70. The van der Waals surface area contributed by atoms with E-state index in [2.05, 4.69) is 22.6 Å². The normalized spacial score (nSPS) is 35.8. The molecule has 0 aromatic heterocycles. The summed E-state index contributed by atoms with van der Waals surface area (Å²) < 4.78 is 44.3. The van der Waals surface area contributed by atoms with Gasteiger partial charge in [-0.3, -0.25) is 15.6 Å². The molecule has 162 valence electrons. The molecule has 3 aliphatic rings. The van der Waals surface area contributed by atoms with Crippen LogP contribution in [0, 0.1) is 17.8 Å². The minimum Gasteiger partial charge on any atom is -0.381 e. The highest BCUT2D eigenvalue weighted by Crippen LogP contribution is 2.34. The van der Waals surface area contributed by atoms with Crippen LogP contribution in [0.25, 0.3) is 0 Å². The molecule has 1 saturated carbocycles. The first-order chi connectivity index (χ1) is 13.2. The van der Waals surface area contributed by atoms with Crippen LogP contribution in [0.15, 0.2) is 0 Å². The predicted octanol–water partition coefficient (Wildman–Crippen LogP) is 0.544. The van der Waals surface area contributed by atoms with Crippen molar-refractivity contribution in [3.63, 3.8) is 0 Å². The molecule has 0 aromatic rings. The Morgan fingerprint density at radius 2 is 2.04 bits per heavy atom. The van der Waals surface area contributed by atoms with Crippen LogP contribution in [-0.4, -0.2) is 69.0 Å². The third-order valence-corrected chi connectivity index (χ3v) is 7.55. The molecule has 3 N–H and O–H groups in total. The molecule has 5 atom stereocenters. The quantitative estimate of drug-likeness (QED) is 0.412. The van der Waals surface area contributed by atoms with Crippen molar-refractivity contribution < 1.29 is 22.3 Å². The van der Waals surface area contributed by atoms with Gasteiger partial charge in [0.2, 0.25) is 15.9 Å². The van der Waals surface area contributed by atoms with Gasteiger partial charge >= 0.3 is 0 Å². The minimum absolute atomic E-state index is 0.00779. The number of nitrogens with zero attached hydrogens (tertiary/aromatic N) is 1. The van der Waals surface area contributed by atoms with Gasteiger partial charge in [-0.1, -0.05) is 6.92 Å². The van der Waals surface area contributed by atoms with Gasteiger partial charge in [-0.15, -0.1) is 16.4 Å². The lowest BCUT2D eigenvalue weighted by Crippen LogP contribution is -2.55. The lowest BCUT2D eigenvalue weighted by molar-refractivity contribution is -0.129. The van der Waals surface area contributed by atoms with Crippen molar-refractivity contribution >= 4 is 27.5 Å². The molecule has 8 nitrogen and oxygen atoms in total. The number of nitrogens with one attached hydrogen (secondary N) is 3. The fourth-order valence-corrected chi connectivity index (χ4v) is 5.84. The molecule has 2 heterocycles. The fraction of sp³-hybridized carbons (Fsp3) is 0.941. The number of alkyl halides is 2. The Kier molecular flexibility index (Phi) is 7.54. The number of carbonyl (C=O) groups is 1. The average molecular weight is 441 g/mol. The zero-order valence-electron chi connectivity index (χ0n) is 16.1. The lowest BCUT2D eigenvalue weighted by atomic mass is 9.83. The van der Waals surface area contributed by atoms with Crippen molar-refractivity contribution in [2.45, 2.75) is 50.2 Å². The molecule has 3 rings (SSSR count). The van der Waals surface area contributed by atoms with E-state index in [1.165, 1.54) is 0 Å². The van der Waals surface area contributed by atoms with Crippen molar-refractivity contribution in [2.24, 2.45) is 17.8 Å². The molecular weight excluding hydrogens is 411 g/mol. The highest BCUT2D eigenvalue weighted by atomic mass is 35.5. The molecule has 0 radical (unpaired) electrons. The second-order valence-corrected chi connectivity index (χ2v) is 10.6. The Bertz CT molecular complexity index is 649. The number of amides is 1. The molecule has 0 aromatic carbocycles. The van der Waals surface area contributed by atoms with E-state index in [1.54, 1.807) is 0 Å². The zero-order valence-corrected chi connectivity index (χ0v) is 17.6. The molecular formula is C17H30ClFN4O4S. The monoisotopic (exact) mass is 440 g/mol. The van der Waals surface area contributed by atoms with E-state index >= 15 is 0 Å². The summed E-state index contributed by atoms with van der Waals surface area (Å²) >= 11 is 6.17. The molecule has 0 bridgehead atoms. The molecule has 11 heteroatoms. The Balaban J connectivity index is 1.54. The maximum absolute atomic E-state index is 14.6. The largest absolute Gasteiger partial charge is 0.381 e. The number of carbonyl (C=O) groups excluding carboxylic acids is 1. The highest BCUT2D eigenvalue weighted by Gasteiger charge is 2.44. The van der Waals surface area contributed by atoms with Crippen molar-refractivity contribution in [1.29, 1.82) is 0 Å². The van der Waals surface area contributed by atoms with Gasteiger partial charge in [0, 0.05) is 32.3 Å². The van der Waals surface area contributed by atoms with Crippen LogP contribution in [0.2, 0.25) is 0 Å². The summed E-state index contributed by atoms with van der Waals surface area (Å²) in [6.07, 6.45) is 0.555. The Morgan fingerprint density at radius 3 is 2.68 bits per heavy atom. The zero-order chi connectivity index (χ0) is 20.3. The first kappa shape index (κ1) is 22.2. The van der Waals surface area contributed by atoms with Crippen molar-refractivity contribution in [3.05, 3.63) is 0 Å². The third-order valence-electron chi connectivity index (χ3n) is 5.81. The molecule has 2 aliphatic heterocycles. The minimum atomic E-state index is -3.70. The van der Waals surface area contributed by atoms with Crippen LogP contribution in [-0.2, 0) is 19.6 Å². The van der Waals surface area contributed by atoms with E-state index in [0.717, 1.165) is 13.1 Å². The summed E-state index contributed by atoms with van der Waals surface area (Å²) in [6, 6.07) is -0.0611. The summed E-state index contributed by atoms with van der Waals surface area (Å²) in [5.74, 6) is -1.29. The Labute approximate surface area is 170 Å². The third kappa shape index (κ3) is 5.76. The van der Waals surface area contributed by atoms with Crippen LogP contribution in [0.4, 0.5) is 4.39 Å². The van der Waals surface area contributed by atoms with Crippen molar-refractivity contribution in [2.75, 3.05) is 32.1 Å². The Morgan fingerprint density at radius 1 is 1.32 bits per heavy atom. The van der Waals surface area contributed by atoms with Gasteiger partial charge in [0.05, 0.1) is 17.0 Å². The first-order valence-electron chi connectivity index (χ1n) is 9.90. The van der Waals surface area contributed by atoms with E-state index in [0.29, 0.717) is 38.4 Å². The van der Waals surface area contributed by atoms with Gasteiger partial charge in [0.25, 0.3) is 0 Å². The molecule has 2 saturated heterocycles. The van der Waals surface area contributed by atoms with Gasteiger partial charge in [-0.2, -0.15) is 0 Å². The highest BCUT2D eigenvalue weighted by molar-refractivity contribution is 7.89. The summed E-state index contributed by atoms with van der Waals surface area (Å²) in [4.78, 5) is 14.6.